The zero-order valence-electron chi connectivity index (χ0n) is 18.9. The van der Waals surface area contributed by atoms with Gasteiger partial charge in [-0.05, 0) is 45.1 Å². The molecule has 9 nitrogen and oxygen atoms in total. The number of rotatable bonds is 6. The van der Waals surface area contributed by atoms with Crippen molar-refractivity contribution in [1.29, 1.82) is 5.26 Å². The maximum atomic E-state index is 8.85. The van der Waals surface area contributed by atoms with Gasteiger partial charge in [0.15, 0.2) is 5.82 Å². The van der Waals surface area contributed by atoms with Gasteiger partial charge in [0.1, 0.15) is 11.5 Å². The molecule has 5 rings (SSSR count). The summed E-state index contributed by atoms with van der Waals surface area (Å²) < 4.78 is 2.06. The van der Waals surface area contributed by atoms with Crippen molar-refractivity contribution < 1.29 is 0 Å². The molecule has 0 unspecified atom stereocenters. The van der Waals surface area contributed by atoms with Crippen molar-refractivity contribution in [1.82, 2.24) is 34.6 Å². The molecule has 0 aliphatic carbocycles. The molecule has 0 saturated carbocycles. The second kappa shape index (κ2) is 9.00. The summed E-state index contributed by atoms with van der Waals surface area (Å²) in [6, 6.07) is 8.51. The molecule has 5 heterocycles. The van der Waals surface area contributed by atoms with Crippen molar-refractivity contribution in [2.24, 2.45) is 0 Å². The van der Waals surface area contributed by atoms with Gasteiger partial charge in [-0.25, -0.2) is 15.0 Å². The van der Waals surface area contributed by atoms with Crippen LogP contribution in [0.15, 0.2) is 43.0 Å². The molecule has 0 amide bonds. The molecular weight excluding hydrogens is 414 g/mol. The number of piperidine rings is 1. The average Bonchev–Trinajstić information content (AvgIpc) is 3.50. The standard InChI is InChI=1S/C24H27N9/c1-31-11-7-18(8-12-31)33-16-17(13-28-33)23-26-15-20-19(14-27-24(20)30-23)21-5-3-6-22(29-21)32(2)10-4-9-25/h3,5-6,13-16,18H,4,7-8,10-12H2,1-2H3,(H,26,27,30). The highest BCUT2D eigenvalue weighted by molar-refractivity contribution is 5.92. The van der Waals surface area contributed by atoms with Gasteiger partial charge in [0, 0.05) is 43.1 Å². The number of aromatic nitrogens is 6. The molecule has 1 saturated heterocycles. The van der Waals surface area contributed by atoms with E-state index in [2.05, 4.69) is 44.0 Å². The number of hydrogen-bond acceptors (Lipinski definition) is 7. The Morgan fingerprint density at radius 3 is 2.88 bits per heavy atom. The zero-order valence-corrected chi connectivity index (χ0v) is 18.9. The van der Waals surface area contributed by atoms with Gasteiger partial charge in [0.25, 0.3) is 0 Å². The Kier molecular flexibility index (Phi) is 5.75. The lowest BCUT2D eigenvalue weighted by Gasteiger charge is -2.28. The maximum Gasteiger partial charge on any atom is 0.164 e. The van der Waals surface area contributed by atoms with E-state index in [-0.39, 0.29) is 0 Å². The molecule has 0 radical (unpaired) electrons. The Morgan fingerprint density at radius 1 is 1.21 bits per heavy atom. The van der Waals surface area contributed by atoms with Crippen molar-refractivity contribution in [3.05, 3.63) is 43.0 Å². The fourth-order valence-corrected chi connectivity index (χ4v) is 4.29. The second-order valence-electron chi connectivity index (χ2n) is 8.61. The van der Waals surface area contributed by atoms with Crippen LogP contribution in [-0.4, -0.2) is 68.3 Å². The van der Waals surface area contributed by atoms with E-state index >= 15 is 0 Å². The van der Waals surface area contributed by atoms with Gasteiger partial charge >= 0.3 is 0 Å². The lowest BCUT2D eigenvalue weighted by molar-refractivity contribution is 0.212. The van der Waals surface area contributed by atoms with Gasteiger partial charge in [-0.2, -0.15) is 10.4 Å². The molecule has 0 spiro atoms. The minimum Gasteiger partial charge on any atom is -0.359 e. The first-order valence-electron chi connectivity index (χ1n) is 11.2. The van der Waals surface area contributed by atoms with E-state index in [0.717, 1.165) is 59.6 Å². The van der Waals surface area contributed by atoms with Crippen LogP contribution in [0.4, 0.5) is 5.82 Å². The van der Waals surface area contributed by atoms with E-state index in [9.17, 15) is 0 Å². The Balaban J connectivity index is 1.39. The number of nitrogens with one attached hydrogen (secondary N) is 1. The molecule has 1 N–H and O–H groups in total. The first-order chi connectivity index (χ1) is 16.1. The van der Waals surface area contributed by atoms with Crippen molar-refractivity contribution in [3.8, 4) is 28.7 Å². The SMILES string of the molecule is CN1CCC(n2cc(-c3ncc4c(-c5cccc(N(C)CCC#N)n5)c[nH]c4n3)cn2)CC1. The van der Waals surface area contributed by atoms with Gasteiger partial charge in [-0.15, -0.1) is 0 Å². The molecule has 0 aromatic carbocycles. The van der Waals surface area contributed by atoms with E-state index < -0.39 is 0 Å². The maximum absolute atomic E-state index is 8.85. The van der Waals surface area contributed by atoms with E-state index in [1.165, 1.54) is 0 Å². The highest BCUT2D eigenvalue weighted by Crippen LogP contribution is 2.29. The van der Waals surface area contributed by atoms with Gasteiger partial charge in [-0.1, -0.05) is 6.07 Å². The van der Waals surface area contributed by atoms with Crippen LogP contribution in [0.25, 0.3) is 33.7 Å². The third-order valence-corrected chi connectivity index (χ3v) is 6.31. The van der Waals surface area contributed by atoms with Crippen molar-refractivity contribution in [2.45, 2.75) is 25.3 Å². The first-order valence-corrected chi connectivity index (χ1v) is 11.2. The normalized spacial score (nSPS) is 15.1. The summed E-state index contributed by atoms with van der Waals surface area (Å²) >= 11 is 0. The largest absolute Gasteiger partial charge is 0.359 e. The number of pyridine rings is 1. The van der Waals surface area contributed by atoms with Crippen molar-refractivity contribution >= 4 is 16.9 Å². The predicted octanol–water partition coefficient (Wildman–Crippen LogP) is 3.50. The molecule has 168 valence electrons. The second-order valence-corrected chi connectivity index (χ2v) is 8.61. The van der Waals surface area contributed by atoms with Crippen molar-refractivity contribution in [2.75, 3.05) is 38.6 Å². The summed E-state index contributed by atoms with van der Waals surface area (Å²) in [6.07, 6.45) is 10.4. The Hall–Kier alpha value is -3.77. The summed E-state index contributed by atoms with van der Waals surface area (Å²) in [4.78, 5) is 21.8. The summed E-state index contributed by atoms with van der Waals surface area (Å²) in [5.74, 6) is 1.49. The molecule has 4 aromatic rings. The van der Waals surface area contributed by atoms with Crippen LogP contribution < -0.4 is 4.90 Å². The molecule has 0 atom stereocenters. The summed E-state index contributed by atoms with van der Waals surface area (Å²) in [5.41, 5.74) is 3.49. The van der Waals surface area contributed by atoms with Crippen LogP contribution in [0.3, 0.4) is 0 Å². The van der Waals surface area contributed by atoms with Crippen LogP contribution in [0.1, 0.15) is 25.3 Å². The molecular formula is C24H27N9. The molecule has 9 heteroatoms. The van der Waals surface area contributed by atoms with E-state index in [0.29, 0.717) is 24.8 Å². The number of nitriles is 1. The van der Waals surface area contributed by atoms with Crippen LogP contribution in [0, 0.1) is 11.3 Å². The molecule has 1 aliphatic heterocycles. The van der Waals surface area contributed by atoms with E-state index in [4.69, 9.17) is 15.2 Å². The fraction of sp³-hybridized carbons (Fsp3) is 0.375. The monoisotopic (exact) mass is 441 g/mol. The Bertz CT molecular complexity index is 1290. The van der Waals surface area contributed by atoms with Crippen LogP contribution >= 0.6 is 0 Å². The molecule has 33 heavy (non-hydrogen) atoms. The minimum atomic E-state index is 0.431. The molecule has 4 aromatic heterocycles. The van der Waals surface area contributed by atoms with E-state index in [1.807, 2.05) is 48.7 Å². The number of fused-ring (bicyclic) bond motifs is 1. The topological polar surface area (TPSA) is 103 Å². The summed E-state index contributed by atoms with van der Waals surface area (Å²) in [7, 11) is 4.11. The summed E-state index contributed by atoms with van der Waals surface area (Å²) in [6.45, 7) is 2.83. The number of aromatic amines is 1. The quantitative estimate of drug-likeness (QED) is 0.488. The lowest BCUT2D eigenvalue weighted by Crippen LogP contribution is -2.31. The number of anilines is 1. The van der Waals surface area contributed by atoms with E-state index in [1.54, 1.807) is 0 Å². The van der Waals surface area contributed by atoms with Gasteiger partial charge in [-0.3, -0.25) is 4.68 Å². The number of H-pyrrole nitrogens is 1. The Labute approximate surface area is 192 Å². The highest BCUT2D eigenvalue weighted by Gasteiger charge is 2.20. The van der Waals surface area contributed by atoms with Gasteiger partial charge < -0.3 is 14.8 Å². The summed E-state index contributed by atoms with van der Waals surface area (Å²) in [5, 5.41) is 14.4. The van der Waals surface area contributed by atoms with Gasteiger partial charge in [0.2, 0.25) is 0 Å². The zero-order chi connectivity index (χ0) is 22.8. The third kappa shape index (κ3) is 4.30. The molecule has 1 fully saturated rings. The lowest BCUT2D eigenvalue weighted by atomic mass is 10.1. The smallest absolute Gasteiger partial charge is 0.164 e. The Morgan fingerprint density at radius 2 is 2.06 bits per heavy atom. The van der Waals surface area contributed by atoms with Gasteiger partial charge in [0.05, 0.1) is 36.0 Å². The molecule has 0 bridgehead atoms. The number of nitrogens with zero attached hydrogens (tertiary/aromatic N) is 8. The predicted molar refractivity (Wildman–Crippen MR) is 128 cm³/mol. The van der Waals surface area contributed by atoms with Crippen LogP contribution in [-0.2, 0) is 0 Å². The van der Waals surface area contributed by atoms with Crippen LogP contribution in [0.2, 0.25) is 0 Å². The number of hydrogen-bond donors (Lipinski definition) is 1. The van der Waals surface area contributed by atoms with Crippen LogP contribution in [0.5, 0.6) is 0 Å². The minimum absolute atomic E-state index is 0.431. The molecule has 1 aliphatic rings. The average molecular weight is 442 g/mol. The highest BCUT2D eigenvalue weighted by atomic mass is 15.3. The third-order valence-electron chi connectivity index (χ3n) is 6.31. The van der Waals surface area contributed by atoms with Crippen molar-refractivity contribution in [3.63, 3.8) is 0 Å². The fourth-order valence-electron chi connectivity index (χ4n) is 4.29. The number of likely N-dealkylation sites (tertiary alicyclic amines) is 1. The first kappa shape index (κ1) is 21.1.